The van der Waals surface area contributed by atoms with Gasteiger partial charge in [0.2, 0.25) is 0 Å². The number of ether oxygens (including phenoxy) is 1. The fourth-order valence-corrected chi connectivity index (χ4v) is 1.48. The Balaban J connectivity index is 0. The van der Waals surface area contributed by atoms with Gasteiger partial charge in [0.25, 0.3) is 0 Å². The summed E-state index contributed by atoms with van der Waals surface area (Å²) < 4.78 is 170. The molecule has 0 amide bonds. The Morgan fingerprint density at radius 3 is 1.10 bits per heavy atom. The predicted molar refractivity (Wildman–Crippen MR) is 77.6 cm³/mol. The van der Waals surface area contributed by atoms with E-state index >= 15 is 0 Å². The van der Waals surface area contributed by atoms with Crippen LogP contribution in [0.2, 0.25) is 0 Å². The largest absolute Gasteiger partial charge is 0.431 e. The first kappa shape index (κ1) is 31.5. The molecule has 30 heavy (non-hydrogen) atoms. The van der Waals surface area contributed by atoms with Crippen LogP contribution in [-0.2, 0) is 4.74 Å². The quantitative estimate of drug-likeness (QED) is 0.162. The van der Waals surface area contributed by atoms with Crippen molar-refractivity contribution in [3.8, 4) is 0 Å². The maximum absolute atomic E-state index is 12.8. The minimum absolute atomic E-state index is 0.194. The van der Waals surface area contributed by atoms with E-state index in [0.29, 0.717) is 0 Å². The molecule has 0 radical (unpaired) electrons. The van der Waals surface area contributed by atoms with Gasteiger partial charge in [-0.15, -0.1) is 29.8 Å². The molecular formula is C13H12Cl2F14O. The van der Waals surface area contributed by atoms with Crippen LogP contribution >= 0.6 is 23.2 Å². The van der Waals surface area contributed by atoms with Gasteiger partial charge in [-0.05, 0) is 0 Å². The summed E-state index contributed by atoms with van der Waals surface area (Å²) in [6.45, 7) is 2.37. The Kier molecular flexibility index (Phi) is 11.3. The zero-order chi connectivity index (χ0) is 24.8. The number of epoxide rings is 1. The number of hydrogen-bond acceptors (Lipinski definition) is 1. The van der Waals surface area contributed by atoms with Gasteiger partial charge in [-0.1, -0.05) is 6.08 Å². The van der Waals surface area contributed by atoms with Gasteiger partial charge in [-0.2, -0.15) is 52.7 Å². The van der Waals surface area contributed by atoms with Gasteiger partial charge in [-0.3, -0.25) is 0 Å². The predicted octanol–water partition coefficient (Wildman–Crippen LogP) is 7.43. The topological polar surface area (TPSA) is 12.5 Å². The van der Waals surface area contributed by atoms with Crippen molar-refractivity contribution in [1.82, 2.24) is 0 Å². The van der Waals surface area contributed by atoms with E-state index in [1.54, 1.807) is 0 Å². The summed E-state index contributed by atoms with van der Waals surface area (Å²) in [6, 6.07) is 0. The molecule has 0 saturated carbocycles. The molecule has 0 N–H and O–H groups in total. The highest BCUT2D eigenvalue weighted by molar-refractivity contribution is 6.40. The molecule has 182 valence electrons. The van der Waals surface area contributed by atoms with Gasteiger partial charge in [0.1, 0.15) is 0 Å². The van der Waals surface area contributed by atoms with Crippen LogP contribution in [0.15, 0.2) is 12.7 Å². The van der Waals surface area contributed by atoms with E-state index in [9.17, 15) is 61.5 Å². The lowest BCUT2D eigenvalue weighted by molar-refractivity contribution is -0.344. The van der Waals surface area contributed by atoms with Crippen LogP contribution in [-0.4, -0.2) is 54.1 Å². The van der Waals surface area contributed by atoms with E-state index in [1.807, 2.05) is 0 Å². The van der Waals surface area contributed by atoms with Gasteiger partial charge < -0.3 is 4.74 Å². The van der Waals surface area contributed by atoms with Crippen LogP contribution in [0.3, 0.4) is 0 Å². The van der Waals surface area contributed by atoms with Gasteiger partial charge >= 0.3 is 36.0 Å². The average molecular weight is 521 g/mol. The first-order valence-electron chi connectivity index (χ1n) is 7.04. The van der Waals surface area contributed by atoms with Gasteiger partial charge in [0.15, 0.2) is 0 Å². The lowest BCUT2D eigenvalue weighted by Gasteiger charge is -2.29. The fraction of sp³-hybridized carbons (Fsp3) is 0.846. The van der Waals surface area contributed by atoms with E-state index in [0.717, 1.165) is 0 Å². The molecule has 1 rings (SSSR count). The maximum atomic E-state index is 12.8. The van der Waals surface area contributed by atoms with Crippen LogP contribution in [0.4, 0.5) is 61.5 Å². The molecule has 1 aliphatic rings. The molecule has 0 aliphatic carbocycles. The molecule has 0 spiro atoms. The van der Waals surface area contributed by atoms with Crippen LogP contribution < -0.4 is 0 Å². The molecule has 17 heteroatoms. The van der Waals surface area contributed by atoms with Crippen molar-refractivity contribution in [3.63, 3.8) is 0 Å². The SMILES string of the molecule is C=CCC(F)(C(F)(F)F)C(F)(F)F.ClCCl.FC(F)(F)C(F)(CC1CO1)C(F)(F)F. The zero-order valence-corrected chi connectivity index (χ0v) is 15.7. The third-order valence-electron chi connectivity index (χ3n) is 3.13. The minimum Gasteiger partial charge on any atom is -0.373 e. The molecule has 0 aromatic rings. The summed E-state index contributed by atoms with van der Waals surface area (Å²) >= 11 is 9.53. The molecule has 0 aromatic heterocycles. The average Bonchev–Trinajstić information content (AvgIpc) is 3.28. The Morgan fingerprint density at radius 2 is 0.967 bits per heavy atom. The minimum atomic E-state index is -5.97. The molecule has 1 aliphatic heterocycles. The number of hydrogen-bond donors (Lipinski definition) is 0. The Morgan fingerprint density at radius 1 is 0.700 bits per heavy atom. The van der Waals surface area contributed by atoms with E-state index in [-0.39, 0.29) is 18.0 Å². The Bertz CT molecular complexity index is 490. The lowest BCUT2D eigenvalue weighted by Crippen LogP contribution is -2.54. The number of halogens is 16. The van der Waals surface area contributed by atoms with Crippen molar-refractivity contribution in [3.05, 3.63) is 12.7 Å². The molecule has 1 fully saturated rings. The van der Waals surface area contributed by atoms with Crippen molar-refractivity contribution < 1.29 is 66.2 Å². The summed E-state index contributed by atoms with van der Waals surface area (Å²) in [5.41, 5.74) is -10.4. The van der Waals surface area contributed by atoms with Gasteiger partial charge in [-0.25, -0.2) is 8.78 Å². The summed E-state index contributed by atoms with van der Waals surface area (Å²) in [7, 11) is 0. The smallest absolute Gasteiger partial charge is 0.373 e. The van der Waals surface area contributed by atoms with Gasteiger partial charge in [0, 0.05) is 12.8 Å². The molecule has 1 atom stereocenters. The monoisotopic (exact) mass is 520 g/mol. The first-order chi connectivity index (χ1) is 13.1. The van der Waals surface area contributed by atoms with Crippen molar-refractivity contribution in [2.75, 3.05) is 11.9 Å². The van der Waals surface area contributed by atoms with Gasteiger partial charge in [0.05, 0.1) is 18.1 Å². The highest BCUT2D eigenvalue weighted by Crippen LogP contribution is 2.50. The molecule has 1 unspecified atom stereocenters. The van der Waals surface area contributed by atoms with E-state index in [4.69, 9.17) is 23.2 Å². The molecule has 0 bridgehead atoms. The first-order valence-corrected chi connectivity index (χ1v) is 8.11. The summed E-state index contributed by atoms with van der Waals surface area (Å²) in [5, 5.41) is 0.194. The second-order valence-corrected chi connectivity index (χ2v) is 6.15. The van der Waals surface area contributed by atoms with Crippen molar-refractivity contribution >= 4 is 23.2 Å². The second-order valence-electron chi connectivity index (χ2n) is 5.35. The lowest BCUT2D eigenvalue weighted by atomic mass is 9.98. The van der Waals surface area contributed by atoms with Crippen LogP contribution in [0.5, 0.6) is 0 Å². The summed E-state index contributed by atoms with van der Waals surface area (Å²) in [5.74, 6) is 0. The zero-order valence-electron chi connectivity index (χ0n) is 14.1. The highest BCUT2D eigenvalue weighted by Gasteiger charge is 2.73. The van der Waals surface area contributed by atoms with Crippen LogP contribution in [0.1, 0.15) is 12.8 Å². The van der Waals surface area contributed by atoms with Crippen molar-refractivity contribution in [2.24, 2.45) is 0 Å². The fourth-order valence-electron chi connectivity index (χ4n) is 1.48. The van der Waals surface area contributed by atoms with E-state index in [2.05, 4.69) is 11.3 Å². The third kappa shape index (κ3) is 8.44. The summed E-state index contributed by atoms with van der Waals surface area (Å²) in [6.07, 6.45) is -28.5. The molecule has 0 aromatic carbocycles. The number of allylic oxidation sites excluding steroid dienone is 1. The summed E-state index contributed by atoms with van der Waals surface area (Å²) in [4.78, 5) is 0. The Labute approximate surface area is 169 Å². The van der Waals surface area contributed by atoms with Crippen molar-refractivity contribution in [1.29, 1.82) is 0 Å². The number of alkyl halides is 16. The third-order valence-corrected chi connectivity index (χ3v) is 3.13. The van der Waals surface area contributed by atoms with Crippen molar-refractivity contribution in [2.45, 2.75) is 55.0 Å². The molecule has 1 heterocycles. The van der Waals surface area contributed by atoms with E-state index in [1.165, 1.54) is 0 Å². The highest BCUT2D eigenvalue weighted by atomic mass is 35.5. The molecule has 1 nitrogen and oxygen atoms in total. The molecule has 1 saturated heterocycles. The number of rotatable bonds is 4. The second kappa shape index (κ2) is 10.7. The standard InChI is InChI=1S/C6H5F7O.C6H5F7.CH2Cl2/c7-4(5(8,9)10,6(11,12)13)1-3-2-14-3;1-2-3-4(7,5(8,9)10)6(11,12)13;2-1-3/h3H,1-2H2;2H,1,3H2;1H2. The van der Waals surface area contributed by atoms with Crippen LogP contribution in [0.25, 0.3) is 0 Å². The van der Waals surface area contributed by atoms with Crippen LogP contribution in [0, 0.1) is 0 Å². The molecular weight excluding hydrogens is 509 g/mol. The Hall–Kier alpha value is -0.700. The normalized spacial score (nSPS) is 17.9. The van der Waals surface area contributed by atoms with E-state index < -0.39 is 55.0 Å². The maximum Gasteiger partial charge on any atom is 0.431 e.